The second kappa shape index (κ2) is 5.23. The molecule has 4 heteroatoms. The number of rotatable bonds is 4. The monoisotopic (exact) mass is 206 g/mol. The van der Waals surface area contributed by atoms with E-state index in [1.54, 1.807) is 26.2 Å². The van der Waals surface area contributed by atoms with Gasteiger partial charge in [-0.2, -0.15) is 5.26 Å². The van der Waals surface area contributed by atoms with E-state index in [1.165, 1.54) is 0 Å². The fourth-order valence-corrected chi connectivity index (χ4v) is 1.16. The molecule has 80 valence electrons. The summed E-state index contributed by atoms with van der Waals surface area (Å²) in [4.78, 5) is 0. The average molecular weight is 206 g/mol. The molecule has 0 heterocycles. The van der Waals surface area contributed by atoms with Gasteiger partial charge in [0.05, 0.1) is 7.11 Å². The van der Waals surface area contributed by atoms with Gasteiger partial charge in [0.15, 0.2) is 17.6 Å². The van der Waals surface area contributed by atoms with Crippen molar-refractivity contribution in [2.24, 2.45) is 5.73 Å². The zero-order valence-electron chi connectivity index (χ0n) is 8.86. The van der Waals surface area contributed by atoms with E-state index in [0.717, 1.165) is 5.56 Å². The minimum absolute atomic E-state index is 0.432. The highest BCUT2D eigenvalue weighted by Gasteiger charge is 2.08. The summed E-state index contributed by atoms with van der Waals surface area (Å²) in [5.41, 5.74) is 6.45. The van der Waals surface area contributed by atoms with Crippen molar-refractivity contribution in [3.63, 3.8) is 0 Å². The number of methoxy groups -OCH3 is 1. The number of hydrogen-bond acceptors (Lipinski definition) is 4. The van der Waals surface area contributed by atoms with Crippen LogP contribution in [-0.4, -0.2) is 13.2 Å². The Balaban J connectivity index is 2.97. The molecule has 0 aliphatic heterocycles. The van der Waals surface area contributed by atoms with Crippen LogP contribution in [0.25, 0.3) is 0 Å². The van der Waals surface area contributed by atoms with Crippen molar-refractivity contribution in [2.45, 2.75) is 19.6 Å². The van der Waals surface area contributed by atoms with Gasteiger partial charge < -0.3 is 15.2 Å². The summed E-state index contributed by atoms with van der Waals surface area (Å²) in [7, 11) is 1.56. The summed E-state index contributed by atoms with van der Waals surface area (Å²) in [5.74, 6) is 1.16. The van der Waals surface area contributed by atoms with Gasteiger partial charge in [0.1, 0.15) is 6.07 Å². The van der Waals surface area contributed by atoms with E-state index in [1.807, 2.05) is 12.1 Å². The summed E-state index contributed by atoms with van der Waals surface area (Å²) in [6, 6.07) is 7.42. The van der Waals surface area contributed by atoms with Crippen LogP contribution < -0.4 is 15.2 Å². The van der Waals surface area contributed by atoms with Gasteiger partial charge in [0, 0.05) is 6.54 Å². The number of nitriles is 1. The average Bonchev–Trinajstić information content (AvgIpc) is 2.28. The first kappa shape index (κ1) is 11.3. The Kier molecular flexibility index (Phi) is 3.95. The minimum Gasteiger partial charge on any atom is -0.493 e. The molecule has 4 nitrogen and oxygen atoms in total. The number of hydrogen-bond donors (Lipinski definition) is 1. The topological polar surface area (TPSA) is 68.3 Å². The highest BCUT2D eigenvalue weighted by atomic mass is 16.5. The van der Waals surface area contributed by atoms with Crippen LogP contribution in [0.15, 0.2) is 18.2 Å². The molecule has 2 N–H and O–H groups in total. The molecule has 1 atom stereocenters. The van der Waals surface area contributed by atoms with Crippen molar-refractivity contribution in [3.8, 4) is 17.6 Å². The quantitative estimate of drug-likeness (QED) is 0.809. The standard InChI is InChI=1S/C11H14N2O2/c1-8(6-12)15-11-5-9(7-13)3-4-10(11)14-2/h3-5,8H,7,13H2,1-2H3. The Morgan fingerprint density at radius 2 is 2.20 bits per heavy atom. The molecule has 0 aliphatic rings. The fraction of sp³-hybridized carbons (Fsp3) is 0.364. The van der Waals surface area contributed by atoms with Gasteiger partial charge in [0.2, 0.25) is 0 Å². The van der Waals surface area contributed by atoms with E-state index < -0.39 is 6.10 Å². The smallest absolute Gasteiger partial charge is 0.181 e. The number of ether oxygens (including phenoxy) is 2. The van der Waals surface area contributed by atoms with Gasteiger partial charge in [-0.1, -0.05) is 6.07 Å². The van der Waals surface area contributed by atoms with Crippen molar-refractivity contribution in [3.05, 3.63) is 23.8 Å². The first-order chi connectivity index (χ1) is 7.21. The molecule has 1 unspecified atom stereocenters. The van der Waals surface area contributed by atoms with E-state index >= 15 is 0 Å². The van der Waals surface area contributed by atoms with Gasteiger partial charge in [-0.25, -0.2) is 0 Å². The number of nitrogens with two attached hydrogens (primary N) is 1. The molecular weight excluding hydrogens is 192 g/mol. The zero-order valence-corrected chi connectivity index (χ0v) is 8.86. The largest absolute Gasteiger partial charge is 0.493 e. The van der Waals surface area contributed by atoms with Crippen molar-refractivity contribution >= 4 is 0 Å². The molecule has 0 aromatic heterocycles. The molecule has 0 fully saturated rings. The Bertz CT molecular complexity index is 371. The summed E-state index contributed by atoms with van der Waals surface area (Å²) >= 11 is 0. The summed E-state index contributed by atoms with van der Waals surface area (Å²) in [6.07, 6.45) is -0.507. The highest BCUT2D eigenvalue weighted by Crippen LogP contribution is 2.28. The molecule has 0 aliphatic carbocycles. The summed E-state index contributed by atoms with van der Waals surface area (Å²) < 4.78 is 10.5. The van der Waals surface area contributed by atoms with Crippen LogP contribution in [0.3, 0.4) is 0 Å². The molecule has 0 radical (unpaired) electrons. The van der Waals surface area contributed by atoms with Crippen LogP contribution in [0, 0.1) is 11.3 Å². The van der Waals surface area contributed by atoms with Gasteiger partial charge >= 0.3 is 0 Å². The molecule has 0 spiro atoms. The SMILES string of the molecule is COc1ccc(CN)cc1OC(C)C#N. The highest BCUT2D eigenvalue weighted by molar-refractivity contribution is 5.43. The molecule has 0 saturated carbocycles. The maximum atomic E-state index is 8.65. The minimum atomic E-state index is -0.507. The lowest BCUT2D eigenvalue weighted by atomic mass is 10.2. The molecule has 1 rings (SSSR count). The van der Waals surface area contributed by atoms with Crippen LogP contribution in [0.2, 0.25) is 0 Å². The molecule has 0 amide bonds. The Morgan fingerprint density at radius 3 is 2.73 bits per heavy atom. The van der Waals surface area contributed by atoms with Crippen molar-refractivity contribution in [1.29, 1.82) is 5.26 Å². The van der Waals surface area contributed by atoms with Crippen molar-refractivity contribution in [2.75, 3.05) is 7.11 Å². The third-order valence-electron chi connectivity index (χ3n) is 1.95. The Labute approximate surface area is 89.2 Å². The zero-order chi connectivity index (χ0) is 11.3. The molecule has 15 heavy (non-hydrogen) atoms. The molecule has 0 saturated heterocycles. The van der Waals surface area contributed by atoms with Crippen LogP contribution in [0.4, 0.5) is 0 Å². The lowest BCUT2D eigenvalue weighted by Crippen LogP contribution is -2.09. The maximum Gasteiger partial charge on any atom is 0.181 e. The van der Waals surface area contributed by atoms with Crippen LogP contribution in [-0.2, 0) is 6.54 Å². The van der Waals surface area contributed by atoms with E-state index in [2.05, 4.69) is 0 Å². The first-order valence-electron chi connectivity index (χ1n) is 4.64. The van der Waals surface area contributed by atoms with Crippen molar-refractivity contribution in [1.82, 2.24) is 0 Å². The lowest BCUT2D eigenvalue weighted by Gasteiger charge is -2.12. The van der Waals surface area contributed by atoms with Gasteiger partial charge in [-0.3, -0.25) is 0 Å². The molecule has 0 bridgehead atoms. The van der Waals surface area contributed by atoms with E-state index in [4.69, 9.17) is 20.5 Å². The predicted molar refractivity (Wildman–Crippen MR) is 56.6 cm³/mol. The van der Waals surface area contributed by atoms with Gasteiger partial charge in [-0.05, 0) is 24.6 Å². The van der Waals surface area contributed by atoms with Crippen LogP contribution >= 0.6 is 0 Å². The predicted octanol–water partition coefficient (Wildman–Crippen LogP) is 1.44. The number of benzene rings is 1. The fourth-order valence-electron chi connectivity index (χ4n) is 1.16. The van der Waals surface area contributed by atoms with Crippen LogP contribution in [0.1, 0.15) is 12.5 Å². The molecule has 1 aromatic carbocycles. The summed E-state index contributed by atoms with van der Waals surface area (Å²) in [6.45, 7) is 2.11. The first-order valence-corrected chi connectivity index (χ1v) is 4.64. The number of nitrogens with zero attached hydrogens (tertiary/aromatic N) is 1. The van der Waals surface area contributed by atoms with E-state index in [9.17, 15) is 0 Å². The molecule has 1 aromatic rings. The van der Waals surface area contributed by atoms with Crippen LogP contribution in [0.5, 0.6) is 11.5 Å². The third-order valence-corrected chi connectivity index (χ3v) is 1.95. The Morgan fingerprint density at radius 1 is 1.47 bits per heavy atom. The Hall–Kier alpha value is -1.73. The second-order valence-corrected chi connectivity index (χ2v) is 3.08. The normalized spacial score (nSPS) is 11.6. The summed E-state index contributed by atoms with van der Waals surface area (Å²) in [5, 5.41) is 8.65. The third kappa shape index (κ3) is 2.86. The van der Waals surface area contributed by atoms with Gasteiger partial charge in [0.25, 0.3) is 0 Å². The molecular formula is C11H14N2O2. The lowest BCUT2D eigenvalue weighted by molar-refractivity contribution is 0.260. The van der Waals surface area contributed by atoms with E-state index in [0.29, 0.717) is 18.0 Å². The maximum absolute atomic E-state index is 8.65. The second-order valence-electron chi connectivity index (χ2n) is 3.08. The van der Waals surface area contributed by atoms with Crippen molar-refractivity contribution < 1.29 is 9.47 Å². The van der Waals surface area contributed by atoms with Gasteiger partial charge in [-0.15, -0.1) is 0 Å². The van der Waals surface area contributed by atoms with E-state index in [-0.39, 0.29) is 0 Å².